The van der Waals surface area contributed by atoms with Crippen LogP contribution in [0.1, 0.15) is 25.2 Å². The van der Waals surface area contributed by atoms with E-state index in [1.807, 2.05) is 22.9 Å². The Morgan fingerprint density at radius 3 is 2.60 bits per heavy atom. The first-order chi connectivity index (χ1) is 12.3. The van der Waals surface area contributed by atoms with Crippen LogP contribution in [0.4, 0.5) is 0 Å². The van der Waals surface area contributed by atoms with Gasteiger partial charge in [0.15, 0.2) is 17.3 Å². The lowest BCUT2D eigenvalue weighted by Gasteiger charge is -2.36. The van der Waals surface area contributed by atoms with Gasteiger partial charge in [-0.2, -0.15) is 4.68 Å². The van der Waals surface area contributed by atoms with Gasteiger partial charge in [0.05, 0.1) is 11.7 Å². The molecule has 8 nitrogen and oxygen atoms in total. The quantitative estimate of drug-likeness (QED) is 0.823. The topological polar surface area (TPSA) is 68.5 Å². The number of benzene rings is 1. The Bertz CT molecular complexity index is 726. The minimum Gasteiger partial charge on any atom is -0.486 e. The third-order valence-electron chi connectivity index (χ3n) is 4.93. The molecular formula is C17H24N6O2. The molecule has 0 N–H and O–H groups in total. The second-order valence-electron chi connectivity index (χ2n) is 6.54. The Morgan fingerprint density at radius 1 is 1.08 bits per heavy atom. The molecule has 1 fully saturated rings. The summed E-state index contributed by atoms with van der Waals surface area (Å²) < 4.78 is 13.1. The minimum absolute atomic E-state index is 0.205. The summed E-state index contributed by atoms with van der Waals surface area (Å²) in [6.45, 7) is 7.55. The number of ether oxygens (including phenoxy) is 2. The molecule has 1 aromatic carbocycles. The summed E-state index contributed by atoms with van der Waals surface area (Å²) in [7, 11) is 2.16. The van der Waals surface area contributed by atoms with Crippen LogP contribution in [0.3, 0.4) is 0 Å². The van der Waals surface area contributed by atoms with E-state index in [-0.39, 0.29) is 6.04 Å². The average molecular weight is 344 g/mol. The van der Waals surface area contributed by atoms with Crippen molar-refractivity contribution in [2.24, 2.45) is 0 Å². The second kappa shape index (κ2) is 6.97. The average Bonchev–Trinajstić information content (AvgIpc) is 3.13. The molecule has 8 heteroatoms. The summed E-state index contributed by atoms with van der Waals surface area (Å²) in [5.74, 6) is 2.40. The van der Waals surface area contributed by atoms with Crippen LogP contribution in [0.15, 0.2) is 18.2 Å². The van der Waals surface area contributed by atoms with Crippen molar-refractivity contribution in [3.63, 3.8) is 0 Å². The van der Waals surface area contributed by atoms with Crippen molar-refractivity contribution in [3.8, 4) is 17.2 Å². The van der Waals surface area contributed by atoms with Crippen LogP contribution in [0, 0.1) is 0 Å². The van der Waals surface area contributed by atoms with Gasteiger partial charge in [-0.25, -0.2) is 0 Å². The predicted octanol–water partition coefficient (Wildman–Crippen LogP) is 1.13. The maximum Gasteiger partial charge on any atom is 0.173 e. The van der Waals surface area contributed by atoms with Gasteiger partial charge in [-0.05, 0) is 36.0 Å². The highest BCUT2D eigenvalue weighted by atomic mass is 16.6. The Labute approximate surface area is 147 Å². The lowest BCUT2D eigenvalue weighted by molar-refractivity contribution is 0.104. The number of tetrazole rings is 1. The van der Waals surface area contributed by atoms with Crippen molar-refractivity contribution in [2.75, 3.05) is 46.4 Å². The first-order valence-corrected chi connectivity index (χ1v) is 8.87. The van der Waals surface area contributed by atoms with E-state index in [0.717, 1.165) is 55.6 Å². The zero-order valence-corrected chi connectivity index (χ0v) is 14.8. The van der Waals surface area contributed by atoms with E-state index in [1.54, 1.807) is 0 Å². The molecule has 0 spiro atoms. The van der Waals surface area contributed by atoms with Crippen LogP contribution in [-0.4, -0.2) is 76.4 Å². The van der Waals surface area contributed by atoms with Gasteiger partial charge in [0, 0.05) is 32.2 Å². The van der Waals surface area contributed by atoms with E-state index in [0.29, 0.717) is 13.2 Å². The molecule has 1 saturated heterocycles. The van der Waals surface area contributed by atoms with Gasteiger partial charge in [0.25, 0.3) is 0 Å². The van der Waals surface area contributed by atoms with E-state index >= 15 is 0 Å². The van der Waals surface area contributed by atoms with Crippen molar-refractivity contribution in [2.45, 2.75) is 19.4 Å². The molecule has 1 unspecified atom stereocenters. The van der Waals surface area contributed by atoms with Crippen molar-refractivity contribution in [3.05, 3.63) is 24.0 Å². The molecule has 0 bridgehead atoms. The molecule has 0 amide bonds. The zero-order chi connectivity index (χ0) is 17.2. The number of hydrogen-bond donors (Lipinski definition) is 0. The number of piperazine rings is 1. The van der Waals surface area contributed by atoms with Crippen LogP contribution < -0.4 is 9.47 Å². The number of aromatic nitrogens is 4. The summed E-state index contributed by atoms with van der Waals surface area (Å²) >= 11 is 0. The Balaban J connectivity index is 1.63. The molecule has 4 rings (SSSR count). The van der Waals surface area contributed by atoms with Crippen molar-refractivity contribution in [1.29, 1.82) is 0 Å². The summed E-state index contributed by atoms with van der Waals surface area (Å²) in [6, 6.07) is 6.05. The van der Waals surface area contributed by atoms with Crippen LogP contribution in [0.2, 0.25) is 0 Å². The molecule has 0 saturated carbocycles. The first-order valence-electron chi connectivity index (χ1n) is 8.87. The third kappa shape index (κ3) is 3.19. The number of rotatable bonds is 4. The third-order valence-corrected chi connectivity index (χ3v) is 4.93. The van der Waals surface area contributed by atoms with Crippen LogP contribution in [0.25, 0.3) is 5.69 Å². The van der Waals surface area contributed by atoms with E-state index < -0.39 is 0 Å². The normalized spacial score (nSPS) is 19.8. The maximum atomic E-state index is 5.69. The predicted molar refractivity (Wildman–Crippen MR) is 92.2 cm³/mol. The van der Waals surface area contributed by atoms with Gasteiger partial charge in [0.1, 0.15) is 13.2 Å². The van der Waals surface area contributed by atoms with Gasteiger partial charge >= 0.3 is 0 Å². The van der Waals surface area contributed by atoms with Gasteiger partial charge in [0.2, 0.25) is 0 Å². The van der Waals surface area contributed by atoms with Gasteiger partial charge in [-0.3, -0.25) is 4.90 Å². The van der Waals surface area contributed by atoms with Crippen LogP contribution in [-0.2, 0) is 0 Å². The number of nitrogens with zero attached hydrogens (tertiary/aromatic N) is 6. The maximum absolute atomic E-state index is 5.69. The van der Waals surface area contributed by atoms with Crippen LogP contribution >= 0.6 is 0 Å². The summed E-state index contributed by atoms with van der Waals surface area (Å²) in [4.78, 5) is 4.83. The van der Waals surface area contributed by atoms with E-state index in [1.165, 1.54) is 0 Å². The Hall–Kier alpha value is -2.19. The summed E-state index contributed by atoms with van der Waals surface area (Å²) in [5, 5.41) is 12.5. The molecule has 0 aliphatic carbocycles. The molecule has 134 valence electrons. The van der Waals surface area contributed by atoms with E-state index in [4.69, 9.17) is 9.47 Å². The zero-order valence-electron chi connectivity index (χ0n) is 14.8. The van der Waals surface area contributed by atoms with E-state index in [2.05, 4.69) is 39.3 Å². The number of hydrogen-bond acceptors (Lipinski definition) is 7. The Morgan fingerprint density at radius 2 is 1.84 bits per heavy atom. The molecule has 25 heavy (non-hydrogen) atoms. The molecule has 1 atom stereocenters. The highest BCUT2D eigenvalue weighted by Gasteiger charge is 2.27. The number of likely N-dealkylation sites (N-methyl/N-ethyl adjacent to an activating group) is 1. The highest BCUT2D eigenvalue weighted by molar-refractivity contribution is 5.49. The fourth-order valence-electron chi connectivity index (χ4n) is 3.49. The summed E-state index contributed by atoms with van der Waals surface area (Å²) in [5.41, 5.74) is 0.900. The monoisotopic (exact) mass is 344 g/mol. The molecule has 2 aromatic rings. The number of fused-ring (bicyclic) bond motifs is 1. The standard InChI is InChI=1S/C17H24N6O2/c1-3-14(22-8-6-21(2)7-9-22)17-18-19-20-23(17)13-4-5-15-16(12-13)25-11-10-24-15/h4-5,12,14H,3,6-11H2,1-2H3. The fourth-order valence-corrected chi connectivity index (χ4v) is 3.49. The molecule has 2 aliphatic rings. The van der Waals surface area contributed by atoms with Crippen molar-refractivity contribution >= 4 is 0 Å². The largest absolute Gasteiger partial charge is 0.486 e. The lowest BCUT2D eigenvalue weighted by Crippen LogP contribution is -2.46. The fraction of sp³-hybridized carbons (Fsp3) is 0.588. The first kappa shape index (κ1) is 16.3. The molecule has 1 aromatic heterocycles. The van der Waals surface area contributed by atoms with Gasteiger partial charge in [-0.1, -0.05) is 6.92 Å². The molecule has 2 aliphatic heterocycles. The summed E-state index contributed by atoms with van der Waals surface area (Å²) in [6.07, 6.45) is 0.967. The van der Waals surface area contributed by atoms with Gasteiger partial charge < -0.3 is 14.4 Å². The van der Waals surface area contributed by atoms with Crippen molar-refractivity contribution < 1.29 is 9.47 Å². The second-order valence-corrected chi connectivity index (χ2v) is 6.54. The van der Waals surface area contributed by atoms with Crippen molar-refractivity contribution in [1.82, 2.24) is 30.0 Å². The molecule has 0 radical (unpaired) electrons. The smallest absolute Gasteiger partial charge is 0.173 e. The molecular weight excluding hydrogens is 320 g/mol. The van der Waals surface area contributed by atoms with E-state index in [9.17, 15) is 0 Å². The van der Waals surface area contributed by atoms with Crippen LogP contribution in [0.5, 0.6) is 11.5 Å². The van der Waals surface area contributed by atoms with Gasteiger partial charge in [-0.15, -0.1) is 5.10 Å². The highest BCUT2D eigenvalue weighted by Crippen LogP contribution is 2.33. The molecule has 3 heterocycles. The minimum atomic E-state index is 0.205. The lowest BCUT2D eigenvalue weighted by atomic mass is 10.1. The Kier molecular flexibility index (Phi) is 4.54. The SMILES string of the molecule is CCC(c1nnnn1-c1ccc2c(c1)OCCO2)N1CCN(C)CC1.